The van der Waals surface area contributed by atoms with Crippen LogP contribution in [0.5, 0.6) is 5.75 Å². The van der Waals surface area contributed by atoms with Gasteiger partial charge < -0.3 is 9.15 Å². The van der Waals surface area contributed by atoms with Crippen LogP contribution in [0, 0.1) is 0 Å². The molecule has 0 aliphatic heterocycles. The summed E-state index contributed by atoms with van der Waals surface area (Å²) < 4.78 is 11.5. The van der Waals surface area contributed by atoms with Gasteiger partial charge in [0, 0.05) is 10.9 Å². The van der Waals surface area contributed by atoms with Crippen LogP contribution < -0.4 is 4.74 Å². The first-order chi connectivity index (χ1) is 11.4. The van der Waals surface area contributed by atoms with Crippen LogP contribution in [-0.4, -0.2) is 10.2 Å². The van der Waals surface area contributed by atoms with Crippen molar-refractivity contribution >= 4 is 10.8 Å². The highest BCUT2D eigenvalue weighted by Crippen LogP contribution is 2.26. The number of fused-ring (bicyclic) bond motifs is 1. The van der Waals surface area contributed by atoms with E-state index in [0.717, 1.165) is 22.1 Å². The van der Waals surface area contributed by atoms with Gasteiger partial charge in [0.2, 0.25) is 5.89 Å². The van der Waals surface area contributed by atoms with Crippen LogP contribution in [-0.2, 0) is 6.61 Å². The van der Waals surface area contributed by atoms with E-state index >= 15 is 0 Å². The van der Waals surface area contributed by atoms with Gasteiger partial charge in [-0.15, -0.1) is 10.2 Å². The van der Waals surface area contributed by atoms with E-state index in [1.807, 2.05) is 60.7 Å². The molecule has 1 aromatic heterocycles. The minimum Gasteiger partial charge on any atom is -0.483 e. The van der Waals surface area contributed by atoms with E-state index in [1.165, 1.54) is 0 Å². The van der Waals surface area contributed by atoms with Gasteiger partial charge in [-0.05, 0) is 23.6 Å². The average molecular weight is 302 g/mol. The second-order valence-electron chi connectivity index (χ2n) is 5.13. The van der Waals surface area contributed by atoms with Gasteiger partial charge in [0.05, 0.1) is 0 Å². The predicted octanol–water partition coefficient (Wildman–Crippen LogP) is 4.47. The average Bonchev–Trinajstić information content (AvgIpc) is 3.10. The SMILES string of the molecule is c1ccc(-c2nnc(COc3cccc4ccccc34)o2)cc1. The zero-order valence-corrected chi connectivity index (χ0v) is 12.3. The second-order valence-corrected chi connectivity index (χ2v) is 5.13. The fourth-order valence-corrected chi connectivity index (χ4v) is 2.47. The Balaban J connectivity index is 1.54. The summed E-state index contributed by atoms with van der Waals surface area (Å²) in [5.41, 5.74) is 0.899. The molecule has 4 nitrogen and oxygen atoms in total. The number of nitrogens with zero attached hydrogens (tertiary/aromatic N) is 2. The highest BCUT2D eigenvalue weighted by atomic mass is 16.5. The van der Waals surface area contributed by atoms with Crippen LogP contribution in [0.1, 0.15) is 5.89 Å². The summed E-state index contributed by atoms with van der Waals surface area (Å²) in [6, 6.07) is 23.8. The maximum atomic E-state index is 5.86. The van der Waals surface area contributed by atoms with Gasteiger partial charge in [0.1, 0.15) is 5.75 Å². The molecule has 1 heterocycles. The molecular formula is C19H14N2O2. The minimum absolute atomic E-state index is 0.244. The lowest BCUT2D eigenvalue weighted by Crippen LogP contribution is -1.96. The lowest BCUT2D eigenvalue weighted by atomic mass is 10.1. The van der Waals surface area contributed by atoms with Crippen LogP contribution in [0.15, 0.2) is 77.2 Å². The summed E-state index contributed by atoms with van der Waals surface area (Å²) in [6.07, 6.45) is 0. The third-order valence-corrected chi connectivity index (χ3v) is 3.59. The monoisotopic (exact) mass is 302 g/mol. The standard InChI is InChI=1S/C19H14N2O2/c1-2-8-15(9-3-1)19-21-20-18(23-19)13-22-17-12-6-10-14-7-4-5-11-16(14)17/h1-12H,13H2. The number of rotatable bonds is 4. The van der Waals surface area contributed by atoms with Crippen molar-refractivity contribution in [2.24, 2.45) is 0 Å². The van der Waals surface area contributed by atoms with Crippen molar-refractivity contribution in [3.63, 3.8) is 0 Å². The Labute approximate surface area is 133 Å². The van der Waals surface area contributed by atoms with Crippen molar-refractivity contribution < 1.29 is 9.15 Å². The lowest BCUT2D eigenvalue weighted by molar-refractivity contribution is 0.267. The molecule has 0 atom stereocenters. The second kappa shape index (κ2) is 5.93. The topological polar surface area (TPSA) is 48.2 Å². The predicted molar refractivity (Wildman–Crippen MR) is 88.0 cm³/mol. The van der Waals surface area contributed by atoms with Crippen molar-refractivity contribution in [3.05, 3.63) is 78.7 Å². The first-order valence-corrected chi connectivity index (χ1v) is 7.38. The number of ether oxygens (including phenoxy) is 1. The van der Waals surface area contributed by atoms with E-state index in [-0.39, 0.29) is 6.61 Å². The largest absolute Gasteiger partial charge is 0.483 e. The zero-order valence-electron chi connectivity index (χ0n) is 12.3. The first kappa shape index (κ1) is 13.5. The zero-order chi connectivity index (χ0) is 15.5. The smallest absolute Gasteiger partial charge is 0.254 e. The van der Waals surface area contributed by atoms with Gasteiger partial charge >= 0.3 is 0 Å². The van der Waals surface area contributed by atoms with Crippen molar-refractivity contribution in [2.75, 3.05) is 0 Å². The number of aromatic nitrogens is 2. The molecule has 0 aliphatic rings. The van der Waals surface area contributed by atoms with Crippen LogP contribution in [0.2, 0.25) is 0 Å². The maximum absolute atomic E-state index is 5.86. The molecule has 0 saturated carbocycles. The lowest BCUT2D eigenvalue weighted by Gasteiger charge is -2.07. The molecule has 0 unspecified atom stereocenters. The Morgan fingerprint density at radius 1 is 0.783 bits per heavy atom. The van der Waals surface area contributed by atoms with Gasteiger partial charge in [-0.1, -0.05) is 54.6 Å². The van der Waals surface area contributed by atoms with Crippen LogP contribution >= 0.6 is 0 Å². The molecule has 4 aromatic rings. The molecule has 0 bridgehead atoms. The van der Waals surface area contributed by atoms with Crippen LogP contribution in [0.3, 0.4) is 0 Å². The molecule has 0 aliphatic carbocycles. The van der Waals surface area contributed by atoms with E-state index in [4.69, 9.17) is 9.15 Å². The number of hydrogen-bond acceptors (Lipinski definition) is 4. The molecule has 23 heavy (non-hydrogen) atoms. The maximum Gasteiger partial charge on any atom is 0.254 e. The molecule has 0 fully saturated rings. The molecule has 0 saturated heterocycles. The molecule has 4 rings (SSSR count). The van der Waals surface area contributed by atoms with Crippen LogP contribution in [0.25, 0.3) is 22.2 Å². The van der Waals surface area contributed by atoms with Gasteiger partial charge in [0.15, 0.2) is 6.61 Å². The molecule has 0 radical (unpaired) electrons. The third kappa shape index (κ3) is 2.79. The Hall–Kier alpha value is -3.14. The van der Waals surface area contributed by atoms with Crippen molar-refractivity contribution in [3.8, 4) is 17.2 Å². The Bertz CT molecular complexity index is 927. The highest BCUT2D eigenvalue weighted by Gasteiger charge is 2.09. The Morgan fingerprint density at radius 2 is 1.57 bits per heavy atom. The van der Waals surface area contributed by atoms with E-state index in [9.17, 15) is 0 Å². The summed E-state index contributed by atoms with van der Waals surface area (Å²) >= 11 is 0. The fourth-order valence-electron chi connectivity index (χ4n) is 2.47. The first-order valence-electron chi connectivity index (χ1n) is 7.38. The van der Waals surface area contributed by atoms with E-state index in [2.05, 4.69) is 22.3 Å². The number of benzene rings is 3. The highest BCUT2D eigenvalue weighted by molar-refractivity contribution is 5.88. The molecule has 3 aromatic carbocycles. The molecule has 112 valence electrons. The van der Waals surface area contributed by atoms with E-state index < -0.39 is 0 Å². The van der Waals surface area contributed by atoms with E-state index in [1.54, 1.807) is 0 Å². The Morgan fingerprint density at radius 3 is 2.48 bits per heavy atom. The fraction of sp³-hybridized carbons (Fsp3) is 0.0526. The van der Waals surface area contributed by atoms with Gasteiger partial charge in [0.25, 0.3) is 5.89 Å². The molecular weight excluding hydrogens is 288 g/mol. The summed E-state index contributed by atoms with van der Waals surface area (Å²) in [5.74, 6) is 1.77. The van der Waals surface area contributed by atoms with Crippen molar-refractivity contribution in [2.45, 2.75) is 6.61 Å². The molecule has 0 amide bonds. The Kier molecular flexibility index (Phi) is 3.48. The minimum atomic E-state index is 0.244. The molecule has 0 spiro atoms. The molecule has 0 N–H and O–H groups in total. The van der Waals surface area contributed by atoms with Crippen molar-refractivity contribution in [1.29, 1.82) is 0 Å². The van der Waals surface area contributed by atoms with Gasteiger partial charge in [-0.3, -0.25) is 0 Å². The summed E-state index contributed by atoms with van der Waals surface area (Å²) in [6.45, 7) is 0.244. The van der Waals surface area contributed by atoms with Gasteiger partial charge in [-0.25, -0.2) is 0 Å². The molecule has 4 heteroatoms. The van der Waals surface area contributed by atoms with Gasteiger partial charge in [-0.2, -0.15) is 0 Å². The summed E-state index contributed by atoms with van der Waals surface area (Å²) in [4.78, 5) is 0. The summed E-state index contributed by atoms with van der Waals surface area (Å²) in [7, 11) is 0. The van der Waals surface area contributed by atoms with Crippen molar-refractivity contribution in [1.82, 2.24) is 10.2 Å². The normalized spacial score (nSPS) is 10.8. The third-order valence-electron chi connectivity index (χ3n) is 3.59. The number of hydrogen-bond donors (Lipinski definition) is 0. The summed E-state index contributed by atoms with van der Waals surface area (Å²) in [5, 5.41) is 10.3. The van der Waals surface area contributed by atoms with E-state index in [0.29, 0.717) is 11.8 Å². The quantitative estimate of drug-likeness (QED) is 0.558. The van der Waals surface area contributed by atoms with Crippen LogP contribution in [0.4, 0.5) is 0 Å².